The van der Waals surface area contributed by atoms with Gasteiger partial charge in [-0.05, 0) is 18.6 Å². The van der Waals surface area contributed by atoms with Crippen LogP contribution in [0, 0.1) is 0 Å². The fraction of sp³-hybridized carbons (Fsp3) is 0.333. The molecule has 0 aromatic rings. The highest BCUT2D eigenvalue weighted by molar-refractivity contribution is 5.37. The zero-order valence-corrected chi connectivity index (χ0v) is 6.48. The van der Waals surface area contributed by atoms with Gasteiger partial charge < -0.3 is 4.74 Å². The minimum atomic E-state index is 0.926. The van der Waals surface area contributed by atoms with Gasteiger partial charge in [0.25, 0.3) is 0 Å². The van der Waals surface area contributed by atoms with Crippen molar-refractivity contribution in [3.8, 4) is 0 Å². The van der Waals surface area contributed by atoms with E-state index in [1.54, 1.807) is 7.11 Å². The molecule has 0 amide bonds. The van der Waals surface area contributed by atoms with Crippen LogP contribution in [0.15, 0.2) is 35.6 Å². The molecule has 0 unspecified atom stereocenters. The molecule has 10 heavy (non-hydrogen) atoms. The SMILES string of the molecule is C=C1C=C(C)CC(OC)=C1. The molecule has 1 heteroatoms. The van der Waals surface area contributed by atoms with E-state index >= 15 is 0 Å². The lowest BCUT2D eigenvalue weighted by Crippen LogP contribution is -1.94. The van der Waals surface area contributed by atoms with Gasteiger partial charge in [-0.2, -0.15) is 0 Å². The standard InChI is InChI=1S/C9H12O/c1-7-4-8(2)6-9(5-7)10-3/h4-5H,1,6H2,2-3H3. The Morgan fingerprint density at radius 2 is 2.20 bits per heavy atom. The van der Waals surface area contributed by atoms with E-state index in [0.717, 1.165) is 17.8 Å². The molecule has 0 aromatic heterocycles. The van der Waals surface area contributed by atoms with Crippen molar-refractivity contribution < 1.29 is 4.74 Å². The van der Waals surface area contributed by atoms with Gasteiger partial charge in [0.1, 0.15) is 5.76 Å². The van der Waals surface area contributed by atoms with Crippen LogP contribution < -0.4 is 0 Å². The molecule has 0 N–H and O–H groups in total. The molecule has 0 atom stereocenters. The van der Waals surface area contributed by atoms with Crippen LogP contribution in [-0.2, 0) is 4.74 Å². The van der Waals surface area contributed by atoms with Crippen molar-refractivity contribution in [3.05, 3.63) is 35.6 Å². The number of methoxy groups -OCH3 is 1. The minimum Gasteiger partial charge on any atom is -0.501 e. The first kappa shape index (κ1) is 7.13. The van der Waals surface area contributed by atoms with Crippen molar-refractivity contribution in [1.29, 1.82) is 0 Å². The van der Waals surface area contributed by atoms with Crippen molar-refractivity contribution in [3.63, 3.8) is 0 Å². The van der Waals surface area contributed by atoms with Gasteiger partial charge in [-0.25, -0.2) is 0 Å². The topological polar surface area (TPSA) is 9.23 Å². The highest BCUT2D eigenvalue weighted by atomic mass is 16.5. The summed E-state index contributed by atoms with van der Waals surface area (Å²) in [5, 5.41) is 0. The quantitative estimate of drug-likeness (QED) is 0.538. The summed E-state index contributed by atoms with van der Waals surface area (Å²) in [5.41, 5.74) is 2.34. The van der Waals surface area contributed by atoms with Gasteiger partial charge >= 0.3 is 0 Å². The first-order valence-electron chi connectivity index (χ1n) is 3.33. The summed E-state index contributed by atoms with van der Waals surface area (Å²) in [6, 6.07) is 0. The van der Waals surface area contributed by atoms with Crippen LogP contribution in [0.4, 0.5) is 0 Å². The van der Waals surface area contributed by atoms with Gasteiger partial charge in [-0.3, -0.25) is 0 Å². The summed E-state index contributed by atoms with van der Waals surface area (Å²) in [6.07, 6.45) is 4.96. The number of hydrogen-bond donors (Lipinski definition) is 0. The molecule has 0 fully saturated rings. The van der Waals surface area contributed by atoms with E-state index in [4.69, 9.17) is 4.74 Å². The molecule has 1 aliphatic carbocycles. The fourth-order valence-electron chi connectivity index (χ4n) is 1.07. The first-order valence-corrected chi connectivity index (χ1v) is 3.33. The summed E-state index contributed by atoms with van der Waals surface area (Å²) in [4.78, 5) is 0. The zero-order chi connectivity index (χ0) is 7.56. The monoisotopic (exact) mass is 136 g/mol. The van der Waals surface area contributed by atoms with Crippen molar-refractivity contribution >= 4 is 0 Å². The van der Waals surface area contributed by atoms with Crippen LogP contribution in [0.25, 0.3) is 0 Å². The molecule has 0 saturated carbocycles. The average molecular weight is 136 g/mol. The van der Waals surface area contributed by atoms with Gasteiger partial charge in [0.2, 0.25) is 0 Å². The highest BCUT2D eigenvalue weighted by Crippen LogP contribution is 2.20. The average Bonchev–Trinajstić information content (AvgIpc) is 1.85. The van der Waals surface area contributed by atoms with Crippen LogP contribution in [0.2, 0.25) is 0 Å². The van der Waals surface area contributed by atoms with Gasteiger partial charge in [-0.15, -0.1) is 0 Å². The predicted octanol–water partition coefficient (Wildman–Crippen LogP) is 2.42. The second-order valence-electron chi connectivity index (χ2n) is 2.56. The van der Waals surface area contributed by atoms with E-state index < -0.39 is 0 Å². The Hall–Kier alpha value is -0.980. The lowest BCUT2D eigenvalue weighted by molar-refractivity contribution is 0.282. The molecule has 0 radical (unpaired) electrons. The highest BCUT2D eigenvalue weighted by Gasteiger charge is 2.03. The molecular formula is C9H12O. The molecule has 1 aliphatic rings. The molecular weight excluding hydrogens is 124 g/mol. The van der Waals surface area contributed by atoms with Crippen molar-refractivity contribution in [1.82, 2.24) is 0 Å². The predicted molar refractivity (Wildman–Crippen MR) is 42.6 cm³/mol. The smallest absolute Gasteiger partial charge is 0.100 e. The summed E-state index contributed by atoms with van der Waals surface area (Å²) in [6.45, 7) is 5.91. The Bertz CT molecular complexity index is 209. The number of hydrogen-bond acceptors (Lipinski definition) is 1. The van der Waals surface area contributed by atoms with Crippen LogP contribution in [0.3, 0.4) is 0 Å². The molecule has 0 aliphatic heterocycles. The van der Waals surface area contributed by atoms with Crippen molar-refractivity contribution in [2.45, 2.75) is 13.3 Å². The zero-order valence-electron chi connectivity index (χ0n) is 6.48. The maximum atomic E-state index is 5.09. The van der Waals surface area contributed by atoms with Crippen molar-refractivity contribution in [2.75, 3.05) is 7.11 Å². The van der Waals surface area contributed by atoms with Gasteiger partial charge in [0, 0.05) is 6.42 Å². The molecule has 0 aromatic carbocycles. The second-order valence-corrected chi connectivity index (χ2v) is 2.56. The van der Waals surface area contributed by atoms with E-state index in [1.807, 2.05) is 6.08 Å². The normalized spacial score (nSPS) is 18.0. The van der Waals surface area contributed by atoms with Gasteiger partial charge in [-0.1, -0.05) is 18.2 Å². The van der Waals surface area contributed by atoms with Gasteiger partial charge in [0.15, 0.2) is 0 Å². The maximum absolute atomic E-state index is 5.09. The minimum absolute atomic E-state index is 0.926. The molecule has 1 nitrogen and oxygen atoms in total. The van der Waals surface area contributed by atoms with E-state index in [9.17, 15) is 0 Å². The first-order chi connectivity index (χ1) is 4.72. The van der Waals surface area contributed by atoms with Crippen LogP contribution in [-0.4, -0.2) is 7.11 Å². The molecule has 0 heterocycles. The maximum Gasteiger partial charge on any atom is 0.100 e. The second kappa shape index (κ2) is 2.74. The van der Waals surface area contributed by atoms with Crippen molar-refractivity contribution in [2.24, 2.45) is 0 Å². The van der Waals surface area contributed by atoms with E-state index in [0.29, 0.717) is 0 Å². The third-order valence-corrected chi connectivity index (χ3v) is 1.49. The number of allylic oxidation sites excluding steroid dienone is 4. The molecule has 0 spiro atoms. The fourth-order valence-corrected chi connectivity index (χ4v) is 1.07. The largest absolute Gasteiger partial charge is 0.501 e. The summed E-state index contributed by atoms with van der Waals surface area (Å²) < 4.78 is 5.09. The Morgan fingerprint density at radius 1 is 1.50 bits per heavy atom. The Kier molecular flexibility index (Phi) is 1.95. The Labute approximate surface area is 61.7 Å². The number of rotatable bonds is 1. The molecule has 0 saturated heterocycles. The third-order valence-electron chi connectivity index (χ3n) is 1.49. The number of ether oxygens (including phenoxy) is 1. The lowest BCUT2D eigenvalue weighted by atomic mass is 10.0. The summed E-state index contributed by atoms with van der Waals surface area (Å²) in [7, 11) is 1.69. The van der Waals surface area contributed by atoms with E-state index in [1.165, 1.54) is 5.57 Å². The van der Waals surface area contributed by atoms with Crippen LogP contribution >= 0.6 is 0 Å². The van der Waals surface area contributed by atoms with Crippen LogP contribution in [0.5, 0.6) is 0 Å². The van der Waals surface area contributed by atoms with E-state index in [-0.39, 0.29) is 0 Å². The Morgan fingerprint density at radius 3 is 2.70 bits per heavy atom. The molecule has 54 valence electrons. The van der Waals surface area contributed by atoms with E-state index in [2.05, 4.69) is 19.6 Å². The van der Waals surface area contributed by atoms with Gasteiger partial charge in [0.05, 0.1) is 7.11 Å². The molecule has 0 bridgehead atoms. The Balaban J connectivity index is 2.75. The third kappa shape index (κ3) is 1.50. The molecule has 1 rings (SSSR count). The summed E-state index contributed by atoms with van der Waals surface area (Å²) >= 11 is 0. The van der Waals surface area contributed by atoms with Crippen LogP contribution in [0.1, 0.15) is 13.3 Å². The summed E-state index contributed by atoms with van der Waals surface area (Å²) in [5.74, 6) is 1.00. The lowest BCUT2D eigenvalue weighted by Gasteiger charge is -2.11.